The van der Waals surface area contributed by atoms with E-state index in [1.807, 2.05) is 19.2 Å². The van der Waals surface area contributed by atoms with E-state index in [4.69, 9.17) is 4.74 Å². The second-order valence-corrected chi connectivity index (χ2v) is 4.78. The number of aryl methyl sites for hydroxylation is 1. The Bertz CT molecular complexity index is 361. The number of aromatic nitrogens is 1. The monoisotopic (exact) mass is 235 g/mol. The summed E-state index contributed by atoms with van der Waals surface area (Å²) in [5.74, 6) is 0. The van der Waals surface area contributed by atoms with Gasteiger partial charge in [0, 0.05) is 31.2 Å². The van der Waals surface area contributed by atoms with E-state index in [2.05, 4.69) is 21.7 Å². The van der Waals surface area contributed by atoms with Gasteiger partial charge in [0.15, 0.2) is 0 Å². The summed E-state index contributed by atoms with van der Waals surface area (Å²) in [7, 11) is 1.76. The zero-order valence-corrected chi connectivity index (χ0v) is 10.6. The summed E-state index contributed by atoms with van der Waals surface area (Å²) < 4.78 is 5.33. The predicted molar refractivity (Wildman–Crippen MR) is 69.3 cm³/mol. The molecule has 0 saturated carbocycles. The van der Waals surface area contributed by atoms with Crippen LogP contribution in [-0.2, 0) is 4.74 Å². The van der Waals surface area contributed by atoms with Crippen LogP contribution in [0.25, 0.3) is 0 Å². The second kappa shape index (κ2) is 5.47. The molecule has 0 aliphatic carbocycles. The summed E-state index contributed by atoms with van der Waals surface area (Å²) in [5, 5.41) is 7.02. The lowest BCUT2D eigenvalue weighted by Gasteiger charge is -2.29. The van der Waals surface area contributed by atoms with Gasteiger partial charge in [-0.1, -0.05) is 0 Å². The number of methoxy groups -OCH3 is 1. The molecule has 0 amide bonds. The molecular weight excluding hydrogens is 214 g/mol. The van der Waals surface area contributed by atoms with E-state index in [9.17, 15) is 0 Å². The van der Waals surface area contributed by atoms with Crippen LogP contribution in [0, 0.1) is 6.92 Å². The molecule has 2 rings (SSSR count). The van der Waals surface area contributed by atoms with Crippen LogP contribution < -0.4 is 10.6 Å². The van der Waals surface area contributed by atoms with E-state index >= 15 is 0 Å². The third-order valence-electron chi connectivity index (χ3n) is 3.28. The largest absolute Gasteiger partial charge is 0.383 e. The van der Waals surface area contributed by atoms with Crippen molar-refractivity contribution in [2.45, 2.75) is 25.3 Å². The first kappa shape index (κ1) is 12.3. The van der Waals surface area contributed by atoms with Gasteiger partial charge >= 0.3 is 0 Å². The number of pyridine rings is 1. The highest BCUT2D eigenvalue weighted by molar-refractivity contribution is 5.43. The van der Waals surface area contributed by atoms with Crippen LogP contribution in [0.5, 0.6) is 0 Å². The standard InChI is InChI=1S/C13H21N3O/c1-11-8-12(4-7-14-11)15-9-13(10-17-2)5-3-6-16-13/h4,7-8,16H,3,5-6,9-10H2,1-2H3,(H,14,15). The number of ether oxygens (including phenoxy) is 1. The van der Waals surface area contributed by atoms with Gasteiger partial charge in [0.25, 0.3) is 0 Å². The molecule has 0 bridgehead atoms. The van der Waals surface area contributed by atoms with Crippen molar-refractivity contribution in [1.29, 1.82) is 0 Å². The Morgan fingerprint density at radius 1 is 1.59 bits per heavy atom. The van der Waals surface area contributed by atoms with Gasteiger partial charge in [-0.05, 0) is 38.4 Å². The lowest BCUT2D eigenvalue weighted by Crippen LogP contribution is -2.49. The first-order valence-electron chi connectivity index (χ1n) is 6.15. The molecule has 0 radical (unpaired) electrons. The average Bonchev–Trinajstić information content (AvgIpc) is 2.76. The Morgan fingerprint density at radius 2 is 2.47 bits per heavy atom. The van der Waals surface area contributed by atoms with Crippen molar-refractivity contribution >= 4 is 5.69 Å². The molecule has 1 unspecified atom stereocenters. The van der Waals surface area contributed by atoms with Gasteiger partial charge < -0.3 is 15.4 Å². The van der Waals surface area contributed by atoms with E-state index in [1.165, 1.54) is 6.42 Å². The summed E-state index contributed by atoms with van der Waals surface area (Å²) in [4.78, 5) is 4.19. The topological polar surface area (TPSA) is 46.2 Å². The van der Waals surface area contributed by atoms with Crippen LogP contribution in [-0.4, -0.2) is 37.3 Å². The fraction of sp³-hybridized carbons (Fsp3) is 0.615. The highest BCUT2D eigenvalue weighted by Gasteiger charge is 2.33. The van der Waals surface area contributed by atoms with E-state index in [1.54, 1.807) is 7.11 Å². The molecular formula is C13H21N3O. The maximum Gasteiger partial charge on any atom is 0.0661 e. The smallest absolute Gasteiger partial charge is 0.0661 e. The van der Waals surface area contributed by atoms with Crippen molar-refractivity contribution in [2.24, 2.45) is 0 Å². The average molecular weight is 235 g/mol. The summed E-state index contributed by atoms with van der Waals surface area (Å²) in [6, 6.07) is 4.07. The lowest BCUT2D eigenvalue weighted by molar-refractivity contribution is 0.127. The molecule has 0 spiro atoms. The van der Waals surface area contributed by atoms with Gasteiger partial charge in [0.05, 0.1) is 12.1 Å². The van der Waals surface area contributed by atoms with Crippen molar-refractivity contribution in [3.05, 3.63) is 24.0 Å². The Kier molecular flexibility index (Phi) is 3.97. The number of nitrogens with zero attached hydrogens (tertiary/aromatic N) is 1. The summed E-state index contributed by atoms with van der Waals surface area (Å²) in [6.07, 6.45) is 4.22. The SMILES string of the molecule is COCC1(CNc2ccnc(C)c2)CCCN1. The molecule has 1 fully saturated rings. The molecule has 1 aliphatic rings. The molecule has 1 aromatic heterocycles. The molecule has 0 aromatic carbocycles. The molecule has 2 heterocycles. The number of nitrogens with one attached hydrogen (secondary N) is 2. The molecule has 4 nitrogen and oxygen atoms in total. The predicted octanol–water partition coefficient (Wildman–Crippen LogP) is 1.57. The van der Waals surface area contributed by atoms with Gasteiger partial charge in [-0.15, -0.1) is 0 Å². The third-order valence-corrected chi connectivity index (χ3v) is 3.28. The van der Waals surface area contributed by atoms with Crippen molar-refractivity contribution in [3.8, 4) is 0 Å². The maximum atomic E-state index is 5.33. The number of hydrogen-bond acceptors (Lipinski definition) is 4. The third kappa shape index (κ3) is 3.17. The minimum absolute atomic E-state index is 0.0892. The van der Waals surface area contributed by atoms with Gasteiger partial charge in [0.1, 0.15) is 0 Å². The van der Waals surface area contributed by atoms with Crippen molar-refractivity contribution in [3.63, 3.8) is 0 Å². The van der Waals surface area contributed by atoms with E-state index in [0.717, 1.165) is 37.5 Å². The molecule has 1 aliphatic heterocycles. The van der Waals surface area contributed by atoms with Crippen LogP contribution in [0.15, 0.2) is 18.3 Å². The number of hydrogen-bond donors (Lipinski definition) is 2. The Hall–Kier alpha value is -1.13. The zero-order valence-electron chi connectivity index (χ0n) is 10.6. The van der Waals surface area contributed by atoms with Crippen LogP contribution in [0.1, 0.15) is 18.5 Å². The summed E-state index contributed by atoms with van der Waals surface area (Å²) in [6.45, 7) is 4.73. The first-order chi connectivity index (χ1) is 8.24. The van der Waals surface area contributed by atoms with Crippen molar-refractivity contribution in [1.82, 2.24) is 10.3 Å². The first-order valence-corrected chi connectivity index (χ1v) is 6.15. The minimum atomic E-state index is 0.0892. The summed E-state index contributed by atoms with van der Waals surface area (Å²) >= 11 is 0. The van der Waals surface area contributed by atoms with E-state index in [0.29, 0.717) is 0 Å². The van der Waals surface area contributed by atoms with Gasteiger partial charge in [-0.3, -0.25) is 4.98 Å². The number of rotatable bonds is 5. The van der Waals surface area contributed by atoms with Crippen LogP contribution in [0.3, 0.4) is 0 Å². The summed E-state index contributed by atoms with van der Waals surface area (Å²) in [5.41, 5.74) is 2.25. The molecule has 1 atom stereocenters. The Labute approximate surface area is 103 Å². The van der Waals surface area contributed by atoms with E-state index < -0.39 is 0 Å². The highest BCUT2D eigenvalue weighted by atomic mass is 16.5. The lowest BCUT2D eigenvalue weighted by atomic mass is 9.98. The highest BCUT2D eigenvalue weighted by Crippen LogP contribution is 2.20. The normalized spacial score (nSPS) is 23.9. The Morgan fingerprint density at radius 3 is 3.12 bits per heavy atom. The number of anilines is 1. The molecule has 4 heteroatoms. The van der Waals surface area contributed by atoms with Crippen LogP contribution >= 0.6 is 0 Å². The molecule has 94 valence electrons. The van der Waals surface area contributed by atoms with E-state index in [-0.39, 0.29) is 5.54 Å². The quantitative estimate of drug-likeness (QED) is 0.813. The van der Waals surface area contributed by atoms with Gasteiger partial charge in [0.2, 0.25) is 0 Å². The molecule has 17 heavy (non-hydrogen) atoms. The second-order valence-electron chi connectivity index (χ2n) is 4.78. The fourth-order valence-corrected chi connectivity index (χ4v) is 2.40. The fourth-order valence-electron chi connectivity index (χ4n) is 2.40. The minimum Gasteiger partial charge on any atom is -0.383 e. The molecule has 2 N–H and O–H groups in total. The Balaban J connectivity index is 1.95. The molecule has 1 saturated heterocycles. The zero-order chi connectivity index (χ0) is 12.1. The van der Waals surface area contributed by atoms with Crippen molar-refractivity contribution < 1.29 is 4.74 Å². The van der Waals surface area contributed by atoms with Crippen molar-refractivity contribution in [2.75, 3.05) is 32.1 Å². The van der Waals surface area contributed by atoms with Crippen LogP contribution in [0.2, 0.25) is 0 Å². The molecule has 1 aromatic rings. The van der Waals surface area contributed by atoms with Gasteiger partial charge in [-0.2, -0.15) is 0 Å². The van der Waals surface area contributed by atoms with Gasteiger partial charge in [-0.25, -0.2) is 0 Å². The maximum absolute atomic E-state index is 5.33. The van der Waals surface area contributed by atoms with Crippen LogP contribution in [0.4, 0.5) is 5.69 Å².